The summed E-state index contributed by atoms with van der Waals surface area (Å²) in [6.07, 6.45) is 1.58. The lowest BCUT2D eigenvalue weighted by atomic mass is 10.3. The molecule has 0 aliphatic heterocycles. The third kappa shape index (κ3) is 3.13. The predicted octanol–water partition coefficient (Wildman–Crippen LogP) is 1.23. The highest BCUT2D eigenvalue weighted by Crippen LogP contribution is 2.20. The molecule has 108 valence electrons. The van der Waals surface area contributed by atoms with Gasteiger partial charge in [-0.3, -0.25) is 5.10 Å². The van der Waals surface area contributed by atoms with Crippen LogP contribution in [0.1, 0.15) is 42.7 Å². The largest absolute Gasteiger partial charge is 0.478 e. The molecular formula is C11H19N3O4S. The Kier molecular flexibility index (Phi) is 5.07. The molecule has 0 fully saturated rings. The van der Waals surface area contributed by atoms with E-state index >= 15 is 0 Å². The molecule has 0 atom stereocenters. The smallest absolute Gasteiger partial charge is 0.340 e. The minimum atomic E-state index is -3.87. The van der Waals surface area contributed by atoms with Crippen molar-refractivity contribution >= 4 is 16.0 Å². The summed E-state index contributed by atoms with van der Waals surface area (Å²) in [5.74, 6) is -1.30. The van der Waals surface area contributed by atoms with Gasteiger partial charge in [-0.2, -0.15) is 9.40 Å². The van der Waals surface area contributed by atoms with E-state index < -0.39 is 21.0 Å². The van der Waals surface area contributed by atoms with Crippen LogP contribution in [0.4, 0.5) is 0 Å². The van der Waals surface area contributed by atoms with Crippen LogP contribution in [0.25, 0.3) is 0 Å². The number of rotatable bonds is 7. The van der Waals surface area contributed by atoms with E-state index in [2.05, 4.69) is 10.2 Å². The summed E-state index contributed by atoms with van der Waals surface area (Å²) in [5, 5.41) is 14.8. The SMILES string of the molecule is CCCCN(CC)S(=O)(=O)c1n[nH]c(C)c1C(=O)O. The molecule has 1 aromatic rings. The van der Waals surface area contributed by atoms with Gasteiger partial charge in [0.25, 0.3) is 10.0 Å². The maximum absolute atomic E-state index is 12.4. The molecule has 19 heavy (non-hydrogen) atoms. The Balaban J connectivity index is 3.22. The van der Waals surface area contributed by atoms with Gasteiger partial charge < -0.3 is 5.11 Å². The fraction of sp³-hybridized carbons (Fsp3) is 0.636. The number of nitrogens with one attached hydrogen (secondary N) is 1. The average Bonchev–Trinajstić information content (AvgIpc) is 2.72. The molecule has 0 spiro atoms. The standard InChI is InChI=1S/C11H19N3O4S/c1-4-6-7-14(5-2)19(17,18)10-9(11(15)16)8(3)12-13-10/h4-7H2,1-3H3,(H,12,13)(H,15,16). The number of carboxylic acid groups (broad SMARTS) is 1. The summed E-state index contributed by atoms with van der Waals surface area (Å²) in [5.41, 5.74) is -0.0485. The fourth-order valence-electron chi connectivity index (χ4n) is 1.75. The molecule has 0 aromatic carbocycles. The summed E-state index contributed by atoms with van der Waals surface area (Å²) in [7, 11) is -3.87. The van der Waals surface area contributed by atoms with Crippen molar-refractivity contribution in [3.63, 3.8) is 0 Å². The van der Waals surface area contributed by atoms with Crippen LogP contribution in [0.15, 0.2) is 5.03 Å². The van der Waals surface area contributed by atoms with Gasteiger partial charge in [-0.05, 0) is 13.3 Å². The molecule has 0 saturated carbocycles. The molecule has 0 unspecified atom stereocenters. The molecular weight excluding hydrogens is 270 g/mol. The second kappa shape index (κ2) is 6.16. The predicted molar refractivity (Wildman–Crippen MR) is 69.6 cm³/mol. The minimum absolute atomic E-state index is 0.234. The van der Waals surface area contributed by atoms with Crippen molar-refractivity contribution in [1.29, 1.82) is 0 Å². The lowest BCUT2D eigenvalue weighted by molar-refractivity contribution is 0.0691. The number of aromatic nitrogens is 2. The van der Waals surface area contributed by atoms with Gasteiger partial charge >= 0.3 is 5.97 Å². The molecule has 7 nitrogen and oxygen atoms in total. The van der Waals surface area contributed by atoms with Crippen LogP contribution in [-0.2, 0) is 10.0 Å². The molecule has 0 saturated heterocycles. The number of hydrogen-bond acceptors (Lipinski definition) is 4. The van der Waals surface area contributed by atoms with E-state index in [1.807, 2.05) is 6.92 Å². The van der Waals surface area contributed by atoms with Gasteiger partial charge in [0, 0.05) is 18.8 Å². The Hall–Kier alpha value is -1.41. The molecule has 0 amide bonds. The van der Waals surface area contributed by atoms with Gasteiger partial charge in [-0.15, -0.1) is 0 Å². The van der Waals surface area contributed by atoms with Crippen LogP contribution in [0, 0.1) is 6.92 Å². The average molecular weight is 289 g/mol. The lowest BCUT2D eigenvalue weighted by Crippen LogP contribution is -2.33. The zero-order valence-corrected chi connectivity index (χ0v) is 12.1. The second-order valence-corrected chi connectivity index (χ2v) is 6.04. The minimum Gasteiger partial charge on any atom is -0.478 e. The van der Waals surface area contributed by atoms with Crippen molar-refractivity contribution in [3.8, 4) is 0 Å². The van der Waals surface area contributed by atoms with Crippen LogP contribution >= 0.6 is 0 Å². The van der Waals surface area contributed by atoms with Gasteiger partial charge in [-0.1, -0.05) is 20.3 Å². The Morgan fingerprint density at radius 1 is 1.42 bits per heavy atom. The number of sulfonamides is 1. The van der Waals surface area contributed by atoms with Crippen LogP contribution in [0.2, 0.25) is 0 Å². The highest BCUT2D eigenvalue weighted by Gasteiger charge is 2.32. The summed E-state index contributed by atoms with van der Waals surface area (Å²) < 4.78 is 26.0. The Labute approximate surface area is 112 Å². The van der Waals surface area contributed by atoms with E-state index in [0.717, 1.165) is 12.8 Å². The van der Waals surface area contributed by atoms with Crippen molar-refractivity contribution in [1.82, 2.24) is 14.5 Å². The van der Waals surface area contributed by atoms with Crippen LogP contribution in [0.5, 0.6) is 0 Å². The van der Waals surface area contributed by atoms with E-state index in [9.17, 15) is 13.2 Å². The molecule has 0 aliphatic carbocycles. The third-order valence-electron chi connectivity index (χ3n) is 2.83. The summed E-state index contributed by atoms with van der Waals surface area (Å²) >= 11 is 0. The molecule has 1 rings (SSSR count). The number of nitrogens with zero attached hydrogens (tertiary/aromatic N) is 2. The summed E-state index contributed by atoms with van der Waals surface area (Å²) in [4.78, 5) is 11.1. The zero-order valence-electron chi connectivity index (χ0n) is 11.3. The monoisotopic (exact) mass is 289 g/mol. The molecule has 0 radical (unpaired) electrons. The fourth-order valence-corrected chi connectivity index (χ4v) is 3.36. The molecule has 1 aromatic heterocycles. The van der Waals surface area contributed by atoms with E-state index in [1.165, 1.54) is 11.2 Å². The molecule has 0 bridgehead atoms. The number of carboxylic acids is 1. The van der Waals surface area contributed by atoms with E-state index in [1.54, 1.807) is 6.92 Å². The van der Waals surface area contributed by atoms with Crippen molar-refractivity contribution < 1.29 is 18.3 Å². The van der Waals surface area contributed by atoms with Crippen molar-refractivity contribution in [2.45, 2.75) is 38.6 Å². The van der Waals surface area contributed by atoms with Crippen molar-refractivity contribution in [2.75, 3.05) is 13.1 Å². The first-order valence-electron chi connectivity index (χ1n) is 6.14. The number of H-pyrrole nitrogens is 1. The van der Waals surface area contributed by atoms with E-state index in [4.69, 9.17) is 5.11 Å². The molecule has 1 heterocycles. The first-order chi connectivity index (χ1) is 8.86. The zero-order chi connectivity index (χ0) is 14.6. The van der Waals surface area contributed by atoms with Gasteiger partial charge in [-0.25, -0.2) is 13.2 Å². The normalized spacial score (nSPS) is 12.0. The summed E-state index contributed by atoms with van der Waals surface area (Å²) in [6.45, 7) is 5.81. The highest BCUT2D eigenvalue weighted by molar-refractivity contribution is 7.89. The van der Waals surface area contributed by atoms with Gasteiger partial charge in [0.2, 0.25) is 5.03 Å². The number of hydrogen-bond donors (Lipinski definition) is 2. The molecule has 8 heteroatoms. The van der Waals surface area contributed by atoms with Crippen molar-refractivity contribution in [2.24, 2.45) is 0 Å². The van der Waals surface area contributed by atoms with E-state index in [-0.39, 0.29) is 17.8 Å². The quantitative estimate of drug-likeness (QED) is 0.785. The van der Waals surface area contributed by atoms with Gasteiger partial charge in [0.15, 0.2) is 0 Å². The topological polar surface area (TPSA) is 103 Å². The number of aromatic amines is 1. The second-order valence-electron chi connectivity index (χ2n) is 4.18. The maximum atomic E-state index is 12.4. The van der Waals surface area contributed by atoms with Crippen LogP contribution in [0.3, 0.4) is 0 Å². The van der Waals surface area contributed by atoms with E-state index in [0.29, 0.717) is 6.54 Å². The highest BCUT2D eigenvalue weighted by atomic mass is 32.2. The number of aromatic carboxylic acids is 1. The Morgan fingerprint density at radius 2 is 2.05 bits per heavy atom. The van der Waals surface area contributed by atoms with Gasteiger partial charge in [0.05, 0.1) is 0 Å². The third-order valence-corrected chi connectivity index (χ3v) is 4.73. The van der Waals surface area contributed by atoms with Crippen molar-refractivity contribution in [3.05, 3.63) is 11.3 Å². The molecule has 0 aliphatic rings. The number of aryl methyl sites for hydroxylation is 1. The Morgan fingerprint density at radius 3 is 2.53 bits per heavy atom. The first kappa shape index (κ1) is 15.6. The Bertz CT molecular complexity index is 550. The van der Waals surface area contributed by atoms with Gasteiger partial charge in [0.1, 0.15) is 5.56 Å². The lowest BCUT2D eigenvalue weighted by Gasteiger charge is -2.19. The van der Waals surface area contributed by atoms with Crippen LogP contribution < -0.4 is 0 Å². The first-order valence-corrected chi connectivity index (χ1v) is 7.58. The molecule has 2 N–H and O–H groups in total. The van der Waals surface area contributed by atoms with Crippen LogP contribution in [-0.4, -0.2) is 47.1 Å². The maximum Gasteiger partial charge on any atom is 0.340 e. The summed E-state index contributed by atoms with van der Waals surface area (Å²) in [6, 6.07) is 0. The number of carbonyl (C=O) groups is 1. The number of unbranched alkanes of at least 4 members (excludes halogenated alkanes) is 1.